The van der Waals surface area contributed by atoms with Crippen molar-refractivity contribution in [1.29, 1.82) is 0 Å². The molecule has 0 aromatic heterocycles. The molecule has 2 rings (SSSR count). The lowest BCUT2D eigenvalue weighted by Gasteiger charge is -2.29. The maximum absolute atomic E-state index is 5.27. The van der Waals surface area contributed by atoms with Crippen molar-refractivity contribution in [3.63, 3.8) is 0 Å². The average Bonchev–Trinajstić information content (AvgIpc) is 2.98. The third-order valence-electron chi connectivity index (χ3n) is 4.55. The van der Waals surface area contributed by atoms with Crippen LogP contribution in [0.1, 0.15) is 51.1 Å². The molecule has 0 bridgehead atoms. The molecule has 1 N–H and O–H groups in total. The van der Waals surface area contributed by atoms with Crippen LogP contribution < -0.4 is 10.1 Å². The van der Waals surface area contributed by atoms with Gasteiger partial charge in [-0.15, -0.1) is 0 Å². The number of ether oxygens (including phenoxy) is 1. The maximum atomic E-state index is 5.27. The van der Waals surface area contributed by atoms with Gasteiger partial charge in [0.25, 0.3) is 0 Å². The fraction of sp³-hybridized carbons (Fsp3) is 0.667. The first-order valence-electron chi connectivity index (χ1n) is 8.39. The second-order valence-corrected chi connectivity index (χ2v) is 5.98. The van der Waals surface area contributed by atoms with Gasteiger partial charge in [0.1, 0.15) is 5.75 Å². The molecule has 1 fully saturated rings. The van der Waals surface area contributed by atoms with Crippen molar-refractivity contribution < 1.29 is 4.74 Å². The molecule has 1 aromatic rings. The highest BCUT2D eigenvalue weighted by atomic mass is 16.5. The molecule has 1 saturated heterocycles. The Hall–Kier alpha value is -1.06. The highest BCUT2D eigenvalue weighted by Crippen LogP contribution is 2.25. The lowest BCUT2D eigenvalue weighted by atomic mass is 10.0. The van der Waals surface area contributed by atoms with E-state index in [-0.39, 0.29) is 0 Å². The Morgan fingerprint density at radius 2 is 2.05 bits per heavy atom. The Balaban J connectivity index is 2.05. The van der Waals surface area contributed by atoms with E-state index in [0.717, 1.165) is 24.9 Å². The number of likely N-dealkylation sites (tertiary alicyclic amines) is 1. The van der Waals surface area contributed by atoms with Crippen molar-refractivity contribution in [2.75, 3.05) is 26.7 Å². The molecule has 1 aliphatic rings. The topological polar surface area (TPSA) is 24.5 Å². The van der Waals surface area contributed by atoms with Crippen LogP contribution in [0.5, 0.6) is 5.75 Å². The van der Waals surface area contributed by atoms with Crippen LogP contribution in [0, 0.1) is 0 Å². The number of nitrogens with zero attached hydrogens (tertiary/aromatic N) is 1. The van der Waals surface area contributed by atoms with E-state index in [0.29, 0.717) is 6.04 Å². The quantitative estimate of drug-likeness (QED) is 0.791. The van der Waals surface area contributed by atoms with Gasteiger partial charge in [-0.25, -0.2) is 0 Å². The summed E-state index contributed by atoms with van der Waals surface area (Å²) in [4.78, 5) is 2.66. The molecule has 0 amide bonds. The zero-order valence-electron chi connectivity index (χ0n) is 13.8. The molecular weight excluding hydrogens is 260 g/mol. The van der Waals surface area contributed by atoms with Gasteiger partial charge in [-0.2, -0.15) is 0 Å². The van der Waals surface area contributed by atoms with Crippen LogP contribution in [-0.2, 0) is 0 Å². The van der Waals surface area contributed by atoms with Crippen LogP contribution in [0.4, 0.5) is 0 Å². The van der Waals surface area contributed by atoms with Crippen LogP contribution >= 0.6 is 0 Å². The van der Waals surface area contributed by atoms with E-state index >= 15 is 0 Å². The van der Waals surface area contributed by atoms with Crippen LogP contribution in [0.15, 0.2) is 24.3 Å². The molecule has 1 aromatic carbocycles. The molecule has 2 unspecified atom stereocenters. The molecule has 3 nitrogen and oxygen atoms in total. The summed E-state index contributed by atoms with van der Waals surface area (Å²) in [7, 11) is 1.72. The highest BCUT2D eigenvalue weighted by Gasteiger charge is 2.25. The molecule has 21 heavy (non-hydrogen) atoms. The normalized spacial score (nSPS) is 20.6. The summed E-state index contributed by atoms with van der Waals surface area (Å²) >= 11 is 0. The van der Waals surface area contributed by atoms with Crippen molar-refractivity contribution in [3.05, 3.63) is 29.8 Å². The van der Waals surface area contributed by atoms with Gasteiger partial charge in [0.05, 0.1) is 7.11 Å². The molecule has 1 heterocycles. The first-order valence-corrected chi connectivity index (χ1v) is 8.39. The van der Waals surface area contributed by atoms with E-state index in [1.807, 2.05) is 0 Å². The first-order chi connectivity index (χ1) is 10.3. The molecule has 0 spiro atoms. The predicted molar refractivity (Wildman–Crippen MR) is 88.9 cm³/mol. The molecule has 0 radical (unpaired) electrons. The largest absolute Gasteiger partial charge is 0.497 e. The van der Waals surface area contributed by atoms with Gasteiger partial charge in [0.2, 0.25) is 0 Å². The van der Waals surface area contributed by atoms with Crippen LogP contribution in [0.2, 0.25) is 0 Å². The first kappa shape index (κ1) is 16.3. The van der Waals surface area contributed by atoms with Gasteiger partial charge in [-0.05, 0) is 56.5 Å². The summed E-state index contributed by atoms with van der Waals surface area (Å²) in [5, 5.41) is 3.71. The van der Waals surface area contributed by atoms with E-state index in [2.05, 4.69) is 48.3 Å². The fourth-order valence-corrected chi connectivity index (χ4v) is 3.27. The van der Waals surface area contributed by atoms with E-state index in [4.69, 9.17) is 4.74 Å². The van der Waals surface area contributed by atoms with Crippen LogP contribution in [-0.4, -0.2) is 37.7 Å². The Morgan fingerprint density at radius 3 is 2.67 bits per heavy atom. The second kappa shape index (κ2) is 8.40. The minimum atomic E-state index is 0.419. The Morgan fingerprint density at radius 1 is 1.29 bits per heavy atom. The average molecular weight is 290 g/mol. The molecule has 3 heteroatoms. The minimum Gasteiger partial charge on any atom is -0.497 e. The summed E-state index contributed by atoms with van der Waals surface area (Å²) in [5.74, 6) is 0.931. The van der Waals surface area contributed by atoms with Gasteiger partial charge in [0.15, 0.2) is 0 Å². The third-order valence-corrected chi connectivity index (χ3v) is 4.55. The smallest absolute Gasteiger partial charge is 0.118 e. The van der Waals surface area contributed by atoms with Gasteiger partial charge >= 0.3 is 0 Å². The second-order valence-electron chi connectivity index (χ2n) is 5.98. The Labute approximate surface area is 129 Å². The van der Waals surface area contributed by atoms with Crippen molar-refractivity contribution in [2.45, 2.75) is 51.6 Å². The fourth-order valence-electron chi connectivity index (χ4n) is 3.27. The molecule has 1 aliphatic heterocycles. The van der Waals surface area contributed by atoms with E-state index < -0.39 is 0 Å². The molecule has 0 aliphatic carbocycles. The summed E-state index contributed by atoms with van der Waals surface area (Å²) in [6.45, 7) is 7.97. The van der Waals surface area contributed by atoms with Crippen molar-refractivity contribution in [1.82, 2.24) is 10.2 Å². The van der Waals surface area contributed by atoms with Gasteiger partial charge in [0, 0.05) is 18.6 Å². The number of hydrogen-bond acceptors (Lipinski definition) is 3. The molecule has 0 saturated carbocycles. The summed E-state index contributed by atoms with van der Waals surface area (Å²) < 4.78 is 5.27. The SMILES string of the molecule is CCCNC(CN1CCCC1CC)c1ccc(OC)cc1. The zero-order chi connectivity index (χ0) is 15.1. The standard InChI is InChI=1S/C18H30N2O/c1-4-12-19-18(14-20-13-6-7-16(20)5-2)15-8-10-17(21-3)11-9-15/h8-11,16,18-19H,4-7,12-14H2,1-3H3. The van der Waals surface area contributed by atoms with Crippen molar-refractivity contribution in [2.24, 2.45) is 0 Å². The molecule has 2 atom stereocenters. The number of hydrogen-bond donors (Lipinski definition) is 1. The predicted octanol–water partition coefficient (Wildman–Crippen LogP) is 3.61. The number of nitrogens with one attached hydrogen (secondary N) is 1. The monoisotopic (exact) mass is 290 g/mol. The number of benzene rings is 1. The number of methoxy groups -OCH3 is 1. The van der Waals surface area contributed by atoms with Gasteiger partial charge in [-0.1, -0.05) is 26.0 Å². The van der Waals surface area contributed by atoms with E-state index in [1.54, 1.807) is 7.11 Å². The Kier molecular flexibility index (Phi) is 6.52. The summed E-state index contributed by atoms with van der Waals surface area (Å²) in [5.41, 5.74) is 1.37. The maximum Gasteiger partial charge on any atom is 0.118 e. The summed E-state index contributed by atoms with van der Waals surface area (Å²) in [6.07, 6.45) is 5.15. The minimum absolute atomic E-state index is 0.419. The number of rotatable bonds is 8. The van der Waals surface area contributed by atoms with Gasteiger partial charge < -0.3 is 10.1 Å². The highest BCUT2D eigenvalue weighted by molar-refractivity contribution is 5.29. The van der Waals surface area contributed by atoms with Crippen LogP contribution in [0.25, 0.3) is 0 Å². The lowest BCUT2D eigenvalue weighted by molar-refractivity contribution is 0.221. The van der Waals surface area contributed by atoms with Crippen molar-refractivity contribution >= 4 is 0 Å². The third kappa shape index (κ3) is 4.45. The Bertz CT molecular complexity index is 404. The molecular formula is C18H30N2O. The molecule has 118 valence electrons. The van der Waals surface area contributed by atoms with E-state index in [9.17, 15) is 0 Å². The summed E-state index contributed by atoms with van der Waals surface area (Å²) in [6, 6.07) is 9.72. The van der Waals surface area contributed by atoms with Gasteiger partial charge in [-0.3, -0.25) is 4.90 Å². The van der Waals surface area contributed by atoms with Crippen molar-refractivity contribution in [3.8, 4) is 5.75 Å². The van der Waals surface area contributed by atoms with E-state index in [1.165, 1.54) is 37.8 Å². The zero-order valence-corrected chi connectivity index (χ0v) is 13.8. The lowest BCUT2D eigenvalue weighted by Crippen LogP contribution is -2.38. The van der Waals surface area contributed by atoms with Crippen LogP contribution in [0.3, 0.4) is 0 Å².